The number of hydrogen-bond donors (Lipinski definition) is 7. The minimum atomic E-state index is -1.27. The molecule has 0 aliphatic heterocycles. The summed E-state index contributed by atoms with van der Waals surface area (Å²) in [5, 5.41) is 44.6. The molecule has 7 N–H and O–H groups in total. The van der Waals surface area contributed by atoms with E-state index in [0.29, 0.717) is 0 Å². The van der Waals surface area contributed by atoms with Crippen molar-refractivity contribution in [1.29, 1.82) is 0 Å². The van der Waals surface area contributed by atoms with Gasteiger partial charge < -0.3 is 36.4 Å². The molecule has 12 nitrogen and oxygen atoms in total. The SMILES string of the molecule is CCCCC/C=C\C\C=C/C=C/C=C/[C@@H](SC[C@H](NC(=O)CC[C@H](NC)C(=O)O)C(=O)NCC(=O)O)[C@@H](O)CCCC(=O)O. The van der Waals surface area contributed by atoms with Gasteiger partial charge in [-0.1, -0.05) is 68.4 Å². The summed E-state index contributed by atoms with van der Waals surface area (Å²) < 4.78 is 0. The van der Waals surface area contributed by atoms with Crippen LogP contribution in [0.3, 0.4) is 0 Å². The second-order valence-corrected chi connectivity index (χ2v) is 11.2. The summed E-state index contributed by atoms with van der Waals surface area (Å²) in [5.74, 6) is -4.76. The molecular formula is C31H49N3O9S. The highest BCUT2D eigenvalue weighted by Gasteiger charge is 2.26. The average molecular weight is 640 g/mol. The highest BCUT2D eigenvalue weighted by atomic mass is 32.2. The molecule has 0 saturated carbocycles. The van der Waals surface area contributed by atoms with Gasteiger partial charge >= 0.3 is 17.9 Å². The number of aliphatic hydroxyl groups is 1. The van der Waals surface area contributed by atoms with Crippen molar-refractivity contribution in [1.82, 2.24) is 16.0 Å². The Morgan fingerprint density at radius 1 is 0.818 bits per heavy atom. The molecule has 0 aromatic rings. The first-order chi connectivity index (χ1) is 21.0. The zero-order chi connectivity index (χ0) is 33.2. The van der Waals surface area contributed by atoms with E-state index in [4.69, 9.17) is 15.3 Å². The van der Waals surface area contributed by atoms with Crippen molar-refractivity contribution in [3.63, 3.8) is 0 Å². The van der Waals surface area contributed by atoms with Crippen molar-refractivity contribution >= 4 is 41.5 Å². The maximum Gasteiger partial charge on any atom is 0.322 e. The molecular weight excluding hydrogens is 590 g/mol. The van der Waals surface area contributed by atoms with E-state index in [1.165, 1.54) is 26.3 Å². The number of carbonyl (C=O) groups excluding carboxylic acids is 2. The average Bonchev–Trinajstić information content (AvgIpc) is 2.97. The number of allylic oxidation sites excluding steroid dienone is 7. The molecule has 4 atom stereocenters. The third kappa shape index (κ3) is 22.2. The maximum absolute atomic E-state index is 12.7. The molecule has 0 unspecified atom stereocenters. The number of nitrogens with one attached hydrogen (secondary N) is 3. The number of carbonyl (C=O) groups is 5. The van der Waals surface area contributed by atoms with Crippen LogP contribution in [0.15, 0.2) is 48.6 Å². The fraction of sp³-hybridized carbons (Fsp3) is 0.581. The maximum atomic E-state index is 12.7. The molecule has 0 aromatic heterocycles. The lowest BCUT2D eigenvalue weighted by atomic mass is 10.1. The lowest BCUT2D eigenvalue weighted by molar-refractivity contribution is -0.140. The van der Waals surface area contributed by atoms with Crippen LogP contribution in [0.5, 0.6) is 0 Å². The van der Waals surface area contributed by atoms with Gasteiger partial charge in [0.25, 0.3) is 0 Å². The largest absolute Gasteiger partial charge is 0.481 e. The second-order valence-electron chi connectivity index (χ2n) is 10.0. The van der Waals surface area contributed by atoms with Gasteiger partial charge in [0.2, 0.25) is 11.8 Å². The van der Waals surface area contributed by atoms with E-state index in [0.717, 1.165) is 24.6 Å². The van der Waals surface area contributed by atoms with Gasteiger partial charge in [-0.2, -0.15) is 0 Å². The van der Waals surface area contributed by atoms with Crippen LogP contribution in [0.25, 0.3) is 0 Å². The first kappa shape index (κ1) is 40.6. The van der Waals surface area contributed by atoms with Crippen molar-refractivity contribution in [3.05, 3.63) is 48.6 Å². The van der Waals surface area contributed by atoms with E-state index >= 15 is 0 Å². The third-order valence-electron chi connectivity index (χ3n) is 6.28. The number of aliphatic hydroxyl groups excluding tert-OH is 1. The van der Waals surface area contributed by atoms with E-state index in [-0.39, 0.29) is 37.9 Å². The van der Waals surface area contributed by atoms with E-state index in [9.17, 15) is 29.1 Å². The molecule has 0 rings (SSSR count). The number of thioether (sulfide) groups is 1. The Morgan fingerprint density at radius 2 is 1.55 bits per heavy atom. The van der Waals surface area contributed by atoms with Crippen molar-refractivity contribution < 1.29 is 44.4 Å². The normalized spacial score (nSPS) is 14.6. The molecule has 2 amide bonds. The van der Waals surface area contributed by atoms with Gasteiger partial charge in [0.05, 0.1) is 6.10 Å². The Balaban J connectivity index is 5.43. The topological polar surface area (TPSA) is 202 Å². The Bertz CT molecular complexity index is 998. The van der Waals surface area contributed by atoms with E-state index in [2.05, 4.69) is 35.0 Å². The van der Waals surface area contributed by atoms with Crippen LogP contribution in [-0.4, -0.2) is 92.9 Å². The van der Waals surface area contributed by atoms with E-state index in [1.54, 1.807) is 18.2 Å². The summed E-state index contributed by atoms with van der Waals surface area (Å²) in [7, 11) is 1.45. The Labute approximate surface area is 264 Å². The van der Waals surface area contributed by atoms with Crippen LogP contribution in [0, 0.1) is 0 Å². The van der Waals surface area contributed by atoms with Crippen LogP contribution in [0.2, 0.25) is 0 Å². The minimum absolute atomic E-state index is 0.0298. The van der Waals surface area contributed by atoms with Gasteiger partial charge in [0, 0.05) is 23.8 Å². The first-order valence-electron chi connectivity index (χ1n) is 14.9. The van der Waals surface area contributed by atoms with Crippen molar-refractivity contribution in [3.8, 4) is 0 Å². The molecule has 13 heteroatoms. The summed E-state index contributed by atoms with van der Waals surface area (Å²) in [5.41, 5.74) is 0. The Morgan fingerprint density at radius 3 is 2.18 bits per heavy atom. The summed E-state index contributed by atoms with van der Waals surface area (Å²) in [6, 6.07) is -2.12. The zero-order valence-corrected chi connectivity index (χ0v) is 26.5. The summed E-state index contributed by atoms with van der Waals surface area (Å²) >= 11 is 1.14. The highest BCUT2D eigenvalue weighted by molar-refractivity contribution is 8.00. The summed E-state index contributed by atoms with van der Waals surface area (Å²) in [6.45, 7) is 1.51. The highest BCUT2D eigenvalue weighted by Crippen LogP contribution is 2.22. The Kier molecular flexibility index (Phi) is 24.0. The predicted molar refractivity (Wildman–Crippen MR) is 171 cm³/mol. The van der Waals surface area contributed by atoms with Crippen molar-refractivity contribution in [2.45, 2.75) is 94.6 Å². The molecule has 0 fully saturated rings. The second kappa shape index (κ2) is 26.0. The molecule has 0 radical (unpaired) electrons. The minimum Gasteiger partial charge on any atom is -0.481 e. The number of unbranched alkanes of at least 4 members (excludes halogenated alkanes) is 3. The zero-order valence-electron chi connectivity index (χ0n) is 25.7. The van der Waals surface area contributed by atoms with Crippen LogP contribution in [-0.2, 0) is 24.0 Å². The predicted octanol–water partition coefficient (Wildman–Crippen LogP) is 3.04. The summed E-state index contributed by atoms with van der Waals surface area (Å²) in [4.78, 5) is 58.3. The molecule has 0 heterocycles. The van der Waals surface area contributed by atoms with Gasteiger partial charge in [0.15, 0.2) is 0 Å². The third-order valence-corrected chi connectivity index (χ3v) is 7.66. The molecule has 0 aromatic carbocycles. The number of rotatable bonds is 26. The van der Waals surface area contributed by atoms with Gasteiger partial charge in [-0.25, -0.2) is 0 Å². The monoisotopic (exact) mass is 639 g/mol. The standard InChI is InChI=1S/C31H49N3O9S/c1-3-4-5-6-7-8-9-10-11-12-13-14-17-26(25(35)16-15-18-28(37)38)44-22-24(30(41)33-21-29(39)40)34-27(36)20-19-23(32-2)31(42)43/h7-8,10-14,17,23-26,32,35H,3-6,9,15-16,18-22H2,1-2H3,(H,33,41)(H,34,36)(H,37,38)(H,39,40)(H,42,43)/b8-7-,11-10-,13-12+,17-14+/t23-,24-,25-,26+/m0/s1. The lowest BCUT2D eigenvalue weighted by Crippen LogP contribution is -2.50. The number of carboxylic acids is 3. The number of likely N-dealkylation sites (N-methyl/N-ethyl adjacent to an activating group) is 1. The van der Waals surface area contributed by atoms with Crippen molar-refractivity contribution in [2.75, 3.05) is 19.3 Å². The molecule has 44 heavy (non-hydrogen) atoms. The lowest BCUT2D eigenvalue weighted by Gasteiger charge is -2.23. The fourth-order valence-corrected chi connectivity index (χ4v) is 5.00. The Hall–Kier alpha value is -3.42. The van der Waals surface area contributed by atoms with E-state index < -0.39 is 59.7 Å². The van der Waals surface area contributed by atoms with Crippen molar-refractivity contribution in [2.24, 2.45) is 0 Å². The molecule has 0 saturated heterocycles. The van der Waals surface area contributed by atoms with Crippen LogP contribution in [0.4, 0.5) is 0 Å². The molecule has 248 valence electrons. The molecule has 0 spiro atoms. The van der Waals surface area contributed by atoms with Gasteiger partial charge in [-0.15, -0.1) is 11.8 Å². The first-order valence-corrected chi connectivity index (χ1v) is 15.9. The number of aliphatic carboxylic acids is 3. The number of hydrogen-bond acceptors (Lipinski definition) is 8. The number of amides is 2. The van der Waals surface area contributed by atoms with Gasteiger partial charge in [-0.05, 0) is 45.6 Å². The van der Waals surface area contributed by atoms with Gasteiger partial charge in [0.1, 0.15) is 18.6 Å². The fourth-order valence-electron chi connectivity index (χ4n) is 3.79. The van der Waals surface area contributed by atoms with Crippen LogP contribution >= 0.6 is 11.8 Å². The van der Waals surface area contributed by atoms with E-state index in [1.807, 2.05) is 18.2 Å². The smallest absolute Gasteiger partial charge is 0.322 e. The molecule has 0 aliphatic carbocycles. The summed E-state index contributed by atoms with van der Waals surface area (Å²) in [6.07, 6.45) is 19.8. The van der Waals surface area contributed by atoms with Crippen LogP contribution < -0.4 is 16.0 Å². The van der Waals surface area contributed by atoms with Gasteiger partial charge in [-0.3, -0.25) is 24.0 Å². The quantitative estimate of drug-likeness (QED) is 0.0416. The molecule has 0 bridgehead atoms. The number of carboxylic acid groups (broad SMARTS) is 3. The molecule has 0 aliphatic rings. The van der Waals surface area contributed by atoms with Crippen LogP contribution in [0.1, 0.15) is 71.1 Å².